The lowest BCUT2D eigenvalue weighted by molar-refractivity contribution is 0.0730. The summed E-state index contributed by atoms with van der Waals surface area (Å²) in [5.74, 6) is -0.250. The fourth-order valence-corrected chi connectivity index (χ4v) is 4.18. The van der Waals surface area contributed by atoms with E-state index in [9.17, 15) is 13.2 Å². The normalized spacial score (nSPS) is 15.2. The third kappa shape index (κ3) is 4.16. The molecule has 1 aromatic carbocycles. The van der Waals surface area contributed by atoms with Crippen LogP contribution in [0.3, 0.4) is 0 Å². The lowest BCUT2D eigenvalue weighted by Crippen LogP contribution is -2.40. The smallest absolute Gasteiger partial charge is 0.322 e. The first-order chi connectivity index (χ1) is 14.0. The van der Waals surface area contributed by atoms with Crippen molar-refractivity contribution in [2.75, 3.05) is 31.6 Å². The van der Waals surface area contributed by atoms with Crippen LogP contribution in [0.25, 0.3) is 11.5 Å². The zero-order valence-corrected chi connectivity index (χ0v) is 16.0. The van der Waals surface area contributed by atoms with Crippen LogP contribution in [0, 0.1) is 0 Å². The van der Waals surface area contributed by atoms with Gasteiger partial charge in [0.25, 0.3) is 5.91 Å². The van der Waals surface area contributed by atoms with Crippen molar-refractivity contribution in [2.24, 2.45) is 0 Å². The third-order valence-electron chi connectivity index (χ3n) is 4.30. The van der Waals surface area contributed by atoms with Crippen molar-refractivity contribution in [1.82, 2.24) is 19.5 Å². The minimum atomic E-state index is -3.62. The molecular formula is C18H17N5O5S. The second kappa shape index (κ2) is 8.07. The van der Waals surface area contributed by atoms with Crippen LogP contribution in [0.2, 0.25) is 0 Å². The second-order valence-electron chi connectivity index (χ2n) is 6.14. The van der Waals surface area contributed by atoms with E-state index in [2.05, 4.69) is 20.5 Å². The minimum absolute atomic E-state index is 0.0631. The van der Waals surface area contributed by atoms with E-state index in [-0.39, 0.29) is 22.4 Å². The molecule has 150 valence electrons. The Morgan fingerprint density at radius 2 is 1.69 bits per heavy atom. The van der Waals surface area contributed by atoms with E-state index < -0.39 is 15.9 Å². The molecule has 29 heavy (non-hydrogen) atoms. The third-order valence-corrected chi connectivity index (χ3v) is 6.21. The minimum Gasteiger partial charge on any atom is -0.403 e. The monoisotopic (exact) mass is 415 g/mol. The van der Waals surface area contributed by atoms with E-state index >= 15 is 0 Å². The highest BCUT2D eigenvalue weighted by molar-refractivity contribution is 7.89. The predicted molar refractivity (Wildman–Crippen MR) is 102 cm³/mol. The average molecular weight is 415 g/mol. The number of sulfonamides is 1. The molecule has 0 atom stereocenters. The lowest BCUT2D eigenvalue weighted by atomic mass is 10.2. The van der Waals surface area contributed by atoms with Crippen LogP contribution >= 0.6 is 0 Å². The summed E-state index contributed by atoms with van der Waals surface area (Å²) in [5.41, 5.74) is 0.931. The Balaban J connectivity index is 1.45. The van der Waals surface area contributed by atoms with Crippen LogP contribution in [0.5, 0.6) is 0 Å². The number of ether oxygens (including phenoxy) is 1. The van der Waals surface area contributed by atoms with E-state index in [1.807, 2.05) is 0 Å². The van der Waals surface area contributed by atoms with Gasteiger partial charge in [-0.15, -0.1) is 5.10 Å². The largest absolute Gasteiger partial charge is 0.403 e. The number of carbonyl (C=O) groups is 1. The number of benzene rings is 1. The van der Waals surface area contributed by atoms with Gasteiger partial charge in [0.05, 0.1) is 18.1 Å². The quantitative estimate of drug-likeness (QED) is 0.662. The molecular weight excluding hydrogens is 398 g/mol. The molecule has 11 heteroatoms. The Morgan fingerprint density at radius 1 is 1.00 bits per heavy atom. The SMILES string of the molecule is O=C(Nc1nnc(-c2ccncc2)o1)c1ccc(S(=O)(=O)N2CCOCC2)cc1. The number of anilines is 1. The Bertz CT molecular complexity index is 1090. The molecule has 0 radical (unpaired) electrons. The number of hydrogen-bond acceptors (Lipinski definition) is 8. The molecule has 3 heterocycles. The Hall–Kier alpha value is -3.15. The van der Waals surface area contributed by atoms with Gasteiger partial charge in [0.15, 0.2) is 0 Å². The number of pyridine rings is 1. The fraction of sp³-hybridized carbons (Fsp3) is 0.222. The number of nitrogens with zero attached hydrogens (tertiary/aromatic N) is 4. The molecule has 0 saturated carbocycles. The summed E-state index contributed by atoms with van der Waals surface area (Å²) >= 11 is 0. The maximum absolute atomic E-state index is 12.6. The van der Waals surface area contributed by atoms with Gasteiger partial charge in [-0.25, -0.2) is 8.42 Å². The highest BCUT2D eigenvalue weighted by Crippen LogP contribution is 2.20. The Morgan fingerprint density at radius 3 is 2.38 bits per heavy atom. The van der Waals surface area contributed by atoms with Gasteiger partial charge < -0.3 is 9.15 Å². The molecule has 0 spiro atoms. The van der Waals surface area contributed by atoms with E-state index in [1.165, 1.54) is 28.6 Å². The zero-order chi connectivity index (χ0) is 20.3. The second-order valence-corrected chi connectivity index (χ2v) is 8.08. The van der Waals surface area contributed by atoms with Crippen LogP contribution in [0.1, 0.15) is 10.4 Å². The van der Waals surface area contributed by atoms with Crippen molar-refractivity contribution in [2.45, 2.75) is 4.90 Å². The zero-order valence-electron chi connectivity index (χ0n) is 15.2. The number of amides is 1. The van der Waals surface area contributed by atoms with Crippen LogP contribution in [-0.2, 0) is 14.8 Å². The average Bonchev–Trinajstić information content (AvgIpc) is 3.23. The first-order valence-electron chi connectivity index (χ1n) is 8.77. The highest BCUT2D eigenvalue weighted by Gasteiger charge is 2.26. The van der Waals surface area contributed by atoms with Crippen molar-refractivity contribution in [3.8, 4) is 11.5 Å². The summed E-state index contributed by atoms with van der Waals surface area (Å²) < 4.78 is 37.2. The maximum Gasteiger partial charge on any atom is 0.322 e. The van der Waals surface area contributed by atoms with Crippen molar-refractivity contribution in [1.29, 1.82) is 0 Å². The molecule has 3 aromatic rings. The van der Waals surface area contributed by atoms with Crippen molar-refractivity contribution in [3.63, 3.8) is 0 Å². The molecule has 4 rings (SSSR count). The van der Waals surface area contributed by atoms with E-state index in [0.29, 0.717) is 31.9 Å². The summed E-state index contributed by atoms with van der Waals surface area (Å²) in [6, 6.07) is 9.00. The first-order valence-corrected chi connectivity index (χ1v) is 10.2. The van der Waals surface area contributed by atoms with Crippen molar-refractivity contribution >= 4 is 21.9 Å². The van der Waals surface area contributed by atoms with Crippen molar-refractivity contribution < 1.29 is 22.4 Å². The molecule has 1 amide bonds. The van der Waals surface area contributed by atoms with E-state index in [1.54, 1.807) is 24.5 Å². The van der Waals surface area contributed by atoms with Crippen LogP contribution in [0.15, 0.2) is 58.1 Å². The number of rotatable bonds is 5. The van der Waals surface area contributed by atoms with Gasteiger partial charge in [0, 0.05) is 36.6 Å². The summed E-state index contributed by atoms with van der Waals surface area (Å²) in [6.07, 6.45) is 3.18. The number of hydrogen-bond donors (Lipinski definition) is 1. The van der Waals surface area contributed by atoms with Gasteiger partial charge >= 0.3 is 6.01 Å². The summed E-state index contributed by atoms with van der Waals surface area (Å²) in [7, 11) is -3.62. The predicted octanol–water partition coefficient (Wildman–Crippen LogP) is 1.40. The number of morpholine rings is 1. The summed E-state index contributed by atoms with van der Waals surface area (Å²) in [5, 5.41) is 10.2. The van der Waals surface area contributed by atoms with Crippen LogP contribution in [-0.4, -0.2) is 60.1 Å². The molecule has 1 saturated heterocycles. The van der Waals surface area contributed by atoms with Gasteiger partial charge in [-0.3, -0.25) is 15.1 Å². The number of carbonyl (C=O) groups excluding carboxylic acids is 1. The summed E-state index contributed by atoms with van der Waals surface area (Å²) in [6.45, 7) is 1.35. The number of nitrogens with one attached hydrogen (secondary N) is 1. The topological polar surface area (TPSA) is 128 Å². The fourth-order valence-electron chi connectivity index (χ4n) is 2.77. The van der Waals surface area contributed by atoms with E-state index in [4.69, 9.17) is 9.15 Å². The molecule has 10 nitrogen and oxygen atoms in total. The maximum atomic E-state index is 12.6. The molecule has 1 N–H and O–H groups in total. The first kappa shape index (κ1) is 19.2. The molecule has 0 aliphatic carbocycles. The molecule has 1 fully saturated rings. The Labute approximate surface area is 166 Å². The van der Waals surface area contributed by atoms with Gasteiger partial charge in [0.2, 0.25) is 15.9 Å². The van der Waals surface area contributed by atoms with Gasteiger partial charge in [-0.05, 0) is 36.4 Å². The lowest BCUT2D eigenvalue weighted by Gasteiger charge is -2.26. The van der Waals surface area contributed by atoms with Crippen LogP contribution in [0.4, 0.5) is 6.01 Å². The highest BCUT2D eigenvalue weighted by atomic mass is 32.2. The Kier molecular flexibility index (Phi) is 5.34. The molecule has 2 aromatic heterocycles. The van der Waals surface area contributed by atoms with Gasteiger partial charge in [0.1, 0.15) is 0 Å². The summed E-state index contributed by atoms with van der Waals surface area (Å²) in [4.78, 5) is 16.4. The van der Waals surface area contributed by atoms with Gasteiger partial charge in [-0.1, -0.05) is 5.10 Å². The van der Waals surface area contributed by atoms with Crippen molar-refractivity contribution in [3.05, 3.63) is 54.4 Å². The molecule has 0 unspecified atom stereocenters. The molecule has 0 bridgehead atoms. The van der Waals surface area contributed by atoms with Crippen LogP contribution < -0.4 is 5.32 Å². The molecule has 1 aliphatic rings. The van der Waals surface area contributed by atoms with E-state index in [0.717, 1.165) is 0 Å². The standard InChI is InChI=1S/C18H17N5O5S/c24-16(20-18-22-21-17(28-18)14-5-7-19-8-6-14)13-1-3-15(4-2-13)29(25,26)23-9-11-27-12-10-23/h1-8H,9-12H2,(H,20,22,24). The van der Waals surface area contributed by atoms with Gasteiger partial charge in [-0.2, -0.15) is 4.31 Å². The molecule has 1 aliphatic heterocycles. The number of aromatic nitrogens is 3.